The molecule has 13 heavy (non-hydrogen) atoms. The van der Waals surface area contributed by atoms with Crippen LogP contribution in [0.15, 0.2) is 4.79 Å². The Hall–Kier alpha value is -0.610. The molecule has 1 aromatic heterocycles. The lowest BCUT2D eigenvalue weighted by Crippen LogP contribution is -2.45. The topological polar surface area (TPSA) is 34.0 Å². The Balaban J connectivity index is 2.22. The molecule has 0 aromatic carbocycles. The molecule has 1 aliphatic rings. The van der Waals surface area contributed by atoms with Crippen LogP contribution in [0, 0.1) is 19.8 Å². The van der Waals surface area contributed by atoms with Gasteiger partial charge in [0.05, 0.1) is 0 Å². The molecule has 0 atom stereocenters. The van der Waals surface area contributed by atoms with E-state index in [1.807, 2.05) is 18.4 Å². The highest BCUT2D eigenvalue weighted by Gasteiger charge is 2.19. The van der Waals surface area contributed by atoms with Crippen molar-refractivity contribution in [3.63, 3.8) is 0 Å². The first-order valence-corrected chi connectivity index (χ1v) is 5.37. The summed E-state index contributed by atoms with van der Waals surface area (Å²) in [6.07, 6.45) is 0. The Morgan fingerprint density at radius 2 is 2.23 bits per heavy atom. The van der Waals surface area contributed by atoms with E-state index in [1.165, 1.54) is 11.3 Å². The molecule has 0 spiro atoms. The van der Waals surface area contributed by atoms with Crippen LogP contribution in [0.2, 0.25) is 0 Å². The fraction of sp³-hybridized carbons (Fsp3) is 0.667. The number of aryl methyl sites for hydroxylation is 1. The molecular weight excluding hydrogens is 184 g/mol. The quantitative estimate of drug-likeness (QED) is 0.760. The smallest absolute Gasteiger partial charge is 0.307 e. The second-order valence-corrected chi connectivity index (χ2v) is 4.81. The van der Waals surface area contributed by atoms with Gasteiger partial charge in [-0.3, -0.25) is 4.79 Å². The minimum atomic E-state index is 0.196. The number of hydrogen-bond acceptors (Lipinski definition) is 3. The molecule has 0 aliphatic carbocycles. The van der Waals surface area contributed by atoms with Crippen molar-refractivity contribution in [3.8, 4) is 0 Å². The van der Waals surface area contributed by atoms with Gasteiger partial charge in [-0.25, -0.2) is 0 Å². The Kier molecular flexibility index (Phi) is 2.26. The van der Waals surface area contributed by atoms with Crippen molar-refractivity contribution in [3.05, 3.63) is 20.2 Å². The molecule has 0 radical (unpaired) electrons. The molecule has 3 nitrogen and oxygen atoms in total. The van der Waals surface area contributed by atoms with Crippen LogP contribution in [0.25, 0.3) is 0 Å². The second kappa shape index (κ2) is 3.27. The first-order valence-electron chi connectivity index (χ1n) is 4.56. The van der Waals surface area contributed by atoms with Crippen molar-refractivity contribution >= 4 is 11.3 Å². The molecule has 1 aliphatic heterocycles. The maximum atomic E-state index is 11.5. The van der Waals surface area contributed by atoms with E-state index in [2.05, 4.69) is 5.32 Å². The van der Waals surface area contributed by atoms with Gasteiger partial charge in [0.1, 0.15) is 0 Å². The first kappa shape index (κ1) is 8.97. The third-order valence-electron chi connectivity index (χ3n) is 2.68. The Labute approximate surface area is 81.4 Å². The predicted octanol–water partition coefficient (Wildman–Crippen LogP) is 0.746. The minimum absolute atomic E-state index is 0.196. The highest BCUT2D eigenvalue weighted by molar-refractivity contribution is 7.09. The average Bonchev–Trinajstić information content (AvgIpc) is 2.21. The van der Waals surface area contributed by atoms with Gasteiger partial charge in [-0.15, -0.1) is 0 Å². The van der Waals surface area contributed by atoms with Gasteiger partial charge in [-0.2, -0.15) is 0 Å². The van der Waals surface area contributed by atoms with Crippen LogP contribution < -0.4 is 10.2 Å². The first-order chi connectivity index (χ1) is 6.18. The van der Waals surface area contributed by atoms with Gasteiger partial charge < -0.3 is 9.88 Å². The lowest BCUT2D eigenvalue weighted by Gasteiger charge is -2.27. The maximum absolute atomic E-state index is 11.5. The summed E-state index contributed by atoms with van der Waals surface area (Å²) < 4.78 is 1.91. The maximum Gasteiger partial charge on any atom is 0.307 e. The lowest BCUT2D eigenvalue weighted by molar-refractivity contribution is 0.303. The van der Waals surface area contributed by atoms with E-state index in [0.717, 1.165) is 30.2 Å². The van der Waals surface area contributed by atoms with Gasteiger partial charge in [0.2, 0.25) is 0 Å². The highest BCUT2D eigenvalue weighted by atomic mass is 32.1. The Morgan fingerprint density at radius 1 is 1.54 bits per heavy atom. The van der Waals surface area contributed by atoms with Gasteiger partial charge >= 0.3 is 4.87 Å². The Morgan fingerprint density at radius 3 is 2.62 bits per heavy atom. The van der Waals surface area contributed by atoms with Crippen molar-refractivity contribution in [2.75, 3.05) is 13.1 Å². The van der Waals surface area contributed by atoms with Gasteiger partial charge in [0.15, 0.2) is 0 Å². The van der Waals surface area contributed by atoms with Crippen LogP contribution in [0.1, 0.15) is 10.6 Å². The van der Waals surface area contributed by atoms with Gasteiger partial charge in [0.25, 0.3) is 0 Å². The van der Waals surface area contributed by atoms with Crippen LogP contribution in [-0.2, 0) is 6.54 Å². The van der Waals surface area contributed by atoms with Crippen molar-refractivity contribution in [1.82, 2.24) is 9.88 Å². The number of rotatable bonds is 2. The summed E-state index contributed by atoms with van der Waals surface area (Å²) in [5.41, 5.74) is 1.14. The fourth-order valence-corrected chi connectivity index (χ4v) is 2.38. The lowest BCUT2D eigenvalue weighted by atomic mass is 10.0. The molecule has 2 rings (SSSR count). The summed E-state index contributed by atoms with van der Waals surface area (Å²) in [6.45, 7) is 7.04. The number of aromatic nitrogens is 1. The molecule has 4 heteroatoms. The summed E-state index contributed by atoms with van der Waals surface area (Å²) in [4.78, 5) is 12.8. The Bertz CT molecular complexity index is 362. The second-order valence-electron chi connectivity index (χ2n) is 3.64. The molecule has 2 heterocycles. The zero-order valence-corrected chi connectivity index (χ0v) is 8.78. The summed E-state index contributed by atoms with van der Waals surface area (Å²) in [7, 11) is 0. The van der Waals surface area contributed by atoms with E-state index in [0.29, 0.717) is 5.92 Å². The summed E-state index contributed by atoms with van der Waals surface area (Å²) in [5, 5.41) is 3.22. The standard InChI is InChI=1S/C9H14N2OS/c1-6-7(2)13-9(12)11(6)5-8-3-10-4-8/h8,10H,3-5H2,1-2H3. The molecule has 1 N–H and O–H groups in total. The van der Waals surface area contributed by atoms with Crippen molar-refractivity contribution in [1.29, 1.82) is 0 Å². The number of nitrogens with zero attached hydrogens (tertiary/aromatic N) is 1. The molecule has 0 unspecified atom stereocenters. The van der Waals surface area contributed by atoms with Crippen LogP contribution in [-0.4, -0.2) is 17.7 Å². The monoisotopic (exact) mass is 198 g/mol. The molecule has 1 saturated heterocycles. The molecule has 0 saturated carbocycles. The number of thiazole rings is 1. The third-order valence-corrected chi connectivity index (χ3v) is 3.68. The van der Waals surface area contributed by atoms with Crippen LogP contribution in [0.3, 0.4) is 0 Å². The zero-order chi connectivity index (χ0) is 9.42. The molecular formula is C9H14N2OS. The normalized spacial score (nSPS) is 17.4. The van der Waals surface area contributed by atoms with Gasteiger partial charge in [-0.05, 0) is 13.8 Å². The summed E-state index contributed by atoms with van der Waals surface area (Å²) >= 11 is 1.36. The van der Waals surface area contributed by atoms with Gasteiger partial charge in [-0.1, -0.05) is 11.3 Å². The highest BCUT2D eigenvalue weighted by Crippen LogP contribution is 2.13. The van der Waals surface area contributed by atoms with E-state index >= 15 is 0 Å². The molecule has 0 bridgehead atoms. The molecule has 1 fully saturated rings. The number of hydrogen-bond donors (Lipinski definition) is 1. The molecule has 0 amide bonds. The molecule has 72 valence electrons. The van der Waals surface area contributed by atoms with Crippen LogP contribution >= 0.6 is 11.3 Å². The average molecular weight is 198 g/mol. The van der Waals surface area contributed by atoms with Crippen molar-refractivity contribution in [2.45, 2.75) is 20.4 Å². The zero-order valence-electron chi connectivity index (χ0n) is 7.96. The minimum Gasteiger partial charge on any atom is -0.316 e. The van der Waals surface area contributed by atoms with Crippen LogP contribution in [0.4, 0.5) is 0 Å². The van der Waals surface area contributed by atoms with E-state index in [1.54, 1.807) is 0 Å². The molecule has 1 aromatic rings. The van der Waals surface area contributed by atoms with E-state index in [-0.39, 0.29) is 4.87 Å². The number of nitrogens with one attached hydrogen (secondary N) is 1. The predicted molar refractivity (Wildman–Crippen MR) is 54.4 cm³/mol. The van der Waals surface area contributed by atoms with Gasteiger partial charge in [0, 0.05) is 36.1 Å². The van der Waals surface area contributed by atoms with Crippen molar-refractivity contribution < 1.29 is 0 Å². The fourth-order valence-electron chi connectivity index (χ4n) is 1.53. The third kappa shape index (κ3) is 1.56. The van der Waals surface area contributed by atoms with E-state index in [4.69, 9.17) is 0 Å². The SMILES string of the molecule is Cc1sc(=O)n(CC2CNC2)c1C. The van der Waals surface area contributed by atoms with E-state index in [9.17, 15) is 4.79 Å². The van der Waals surface area contributed by atoms with E-state index < -0.39 is 0 Å². The summed E-state index contributed by atoms with van der Waals surface area (Å²) in [5.74, 6) is 0.658. The largest absolute Gasteiger partial charge is 0.316 e. The summed E-state index contributed by atoms with van der Waals surface area (Å²) in [6, 6.07) is 0. The van der Waals surface area contributed by atoms with Crippen molar-refractivity contribution in [2.24, 2.45) is 5.92 Å². The van der Waals surface area contributed by atoms with Crippen LogP contribution in [0.5, 0.6) is 0 Å².